The van der Waals surface area contributed by atoms with Gasteiger partial charge in [-0.25, -0.2) is 4.79 Å². The number of carbonyl (C=O) groups excluding carboxylic acids is 1. The minimum atomic E-state index is -1.03. The quantitative estimate of drug-likeness (QED) is 0.916. The van der Waals surface area contributed by atoms with Crippen molar-refractivity contribution in [2.75, 3.05) is 19.7 Å². The number of carbonyl (C=O) groups is 2. The van der Waals surface area contributed by atoms with Gasteiger partial charge in [-0.3, -0.25) is 4.79 Å². The van der Waals surface area contributed by atoms with Crippen LogP contribution in [0.3, 0.4) is 0 Å². The molecule has 0 spiro atoms. The molecule has 1 atom stereocenters. The molecule has 1 fully saturated rings. The molecule has 1 aliphatic rings. The molecule has 6 heteroatoms. The van der Waals surface area contributed by atoms with Gasteiger partial charge in [0.2, 0.25) is 0 Å². The van der Waals surface area contributed by atoms with Crippen LogP contribution in [0.1, 0.15) is 10.4 Å². The molecule has 0 aliphatic carbocycles. The lowest BCUT2D eigenvalue weighted by atomic mass is 10.1. The lowest BCUT2D eigenvalue weighted by Gasteiger charge is -2.30. The summed E-state index contributed by atoms with van der Waals surface area (Å²) in [5.41, 5.74) is 0.636. The summed E-state index contributed by atoms with van der Waals surface area (Å²) >= 11 is 1.52. The number of fused-ring (bicyclic) bond motifs is 1. The second kappa shape index (κ2) is 5.22. The van der Waals surface area contributed by atoms with E-state index in [0.717, 1.165) is 10.1 Å². The number of nitrogens with zero attached hydrogens (tertiary/aromatic N) is 1. The highest BCUT2D eigenvalue weighted by molar-refractivity contribution is 7.17. The molecule has 1 aromatic heterocycles. The number of hydrogen-bond donors (Lipinski definition) is 1. The molecule has 1 aliphatic heterocycles. The Kier molecular flexibility index (Phi) is 3.42. The van der Waals surface area contributed by atoms with Crippen LogP contribution in [0.5, 0.6) is 0 Å². The predicted molar refractivity (Wildman–Crippen MR) is 75.1 cm³/mol. The second-order valence-electron chi connectivity index (χ2n) is 4.59. The Balaban J connectivity index is 1.87. The largest absolute Gasteiger partial charge is 0.479 e. The fourth-order valence-electron chi connectivity index (χ4n) is 2.30. The number of morpholine rings is 1. The van der Waals surface area contributed by atoms with Gasteiger partial charge in [0.1, 0.15) is 0 Å². The van der Waals surface area contributed by atoms with Crippen molar-refractivity contribution in [3.05, 3.63) is 35.2 Å². The second-order valence-corrected chi connectivity index (χ2v) is 5.51. The molecule has 1 saturated heterocycles. The van der Waals surface area contributed by atoms with Crippen LogP contribution in [0, 0.1) is 0 Å². The summed E-state index contributed by atoms with van der Waals surface area (Å²) in [5, 5.41) is 11.7. The Morgan fingerprint density at radius 3 is 2.95 bits per heavy atom. The predicted octanol–water partition coefficient (Wildman–Crippen LogP) is 1.83. The summed E-state index contributed by atoms with van der Waals surface area (Å²) in [6.45, 7) is 0.774. The molecular weight excluding hydrogens is 278 g/mol. The molecule has 1 aromatic carbocycles. The van der Waals surface area contributed by atoms with Crippen LogP contribution in [0.25, 0.3) is 10.1 Å². The maximum Gasteiger partial charge on any atom is 0.334 e. The summed E-state index contributed by atoms with van der Waals surface area (Å²) in [7, 11) is 0. The zero-order chi connectivity index (χ0) is 14.1. The van der Waals surface area contributed by atoms with Crippen molar-refractivity contribution in [3.63, 3.8) is 0 Å². The number of rotatable bonds is 2. The van der Waals surface area contributed by atoms with Gasteiger partial charge in [0.15, 0.2) is 6.10 Å². The molecule has 0 radical (unpaired) electrons. The van der Waals surface area contributed by atoms with E-state index in [2.05, 4.69) is 0 Å². The van der Waals surface area contributed by atoms with Crippen molar-refractivity contribution < 1.29 is 19.4 Å². The molecule has 1 amide bonds. The van der Waals surface area contributed by atoms with Gasteiger partial charge in [-0.1, -0.05) is 18.2 Å². The molecule has 2 aromatic rings. The summed E-state index contributed by atoms with van der Waals surface area (Å²) in [4.78, 5) is 25.0. The van der Waals surface area contributed by atoms with Crippen molar-refractivity contribution >= 4 is 33.3 Å². The van der Waals surface area contributed by atoms with E-state index in [4.69, 9.17) is 9.84 Å². The zero-order valence-corrected chi connectivity index (χ0v) is 11.4. The minimum Gasteiger partial charge on any atom is -0.479 e. The fraction of sp³-hybridized carbons (Fsp3) is 0.286. The van der Waals surface area contributed by atoms with Gasteiger partial charge in [0, 0.05) is 22.0 Å². The number of carboxylic acid groups (broad SMARTS) is 1. The minimum absolute atomic E-state index is 0.0956. The van der Waals surface area contributed by atoms with E-state index in [0.29, 0.717) is 12.1 Å². The van der Waals surface area contributed by atoms with Crippen LogP contribution in [0.15, 0.2) is 29.6 Å². The van der Waals surface area contributed by atoms with Crippen molar-refractivity contribution in [2.24, 2.45) is 0 Å². The summed E-state index contributed by atoms with van der Waals surface area (Å²) < 4.78 is 6.19. The molecule has 20 heavy (non-hydrogen) atoms. The highest BCUT2D eigenvalue weighted by atomic mass is 32.1. The molecule has 5 nitrogen and oxygen atoms in total. The lowest BCUT2D eigenvalue weighted by Crippen LogP contribution is -2.48. The average Bonchev–Trinajstić information content (AvgIpc) is 2.90. The highest BCUT2D eigenvalue weighted by Gasteiger charge is 2.30. The number of amides is 1. The molecular formula is C14H13NO4S. The fourth-order valence-corrected chi connectivity index (χ4v) is 3.23. The number of aliphatic carboxylic acids is 1. The Labute approximate surface area is 119 Å². The van der Waals surface area contributed by atoms with E-state index in [1.54, 1.807) is 4.90 Å². The Morgan fingerprint density at radius 1 is 1.35 bits per heavy atom. The first-order valence-corrected chi connectivity index (χ1v) is 7.14. The normalized spacial score (nSPS) is 19.2. The SMILES string of the molecule is O=C(O)[C@H]1CN(C(=O)c2csc3ccccc23)CCO1. The van der Waals surface area contributed by atoms with Crippen molar-refractivity contribution in [1.29, 1.82) is 0 Å². The summed E-state index contributed by atoms with van der Waals surface area (Å²) in [5.74, 6) is -1.16. The van der Waals surface area contributed by atoms with Gasteiger partial charge in [0.05, 0.1) is 18.7 Å². The van der Waals surface area contributed by atoms with Gasteiger partial charge in [0.25, 0.3) is 5.91 Å². The maximum atomic E-state index is 12.5. The van der Waals surface area contributed by atoms with E-state index in [9.17, 15) is 9.59 Å². The third kappa shape index (κ3) is 2.28. The van der Waals surface area contributed by atoms with Crippen LogP contribution >= 0.6 is 11.3 Å². The van der Waals surface area contributed by atoms with Crippen molar-refractivity contribution in [2.45, 2.75) is 6.10 Å². The maximum absolute atomic E-state index is 12.5. The number of ether oxygens (including phenoxy) is 1. The standard InChI is InChI=1S/C14H13NO4S/c16-13(15-5-6-19-11(7-15)14(17)18)10-8-20-12-4-2-1-3-9(10)12/h1-4,8,11H,5-7H2,(H,17,18)/t11-/m1/s1. The zero-order valence-electron chi connectivity index (χ0n) is 10.6. The smallest absolute Gasteiger partial charge is 0.334 e. The van der Waals surface area contributed by atoms with Gasteiger partial charge in [-0.15, -0.1) is 11.3 Å². The van der Waals surface area contributed by atoms with E-state index in [1.165, 1.54) is 11.3 Å². The van der Waals surface area contributed by atoms with Gasteiger partial charge < -0.3 is 14.7 Å². The number of hydrogen-bond acceptors (Lipinski definition) is 4. The van der Waals surface area contributed by atoms with Gasteiger partial charge >= 0.3 is 5.97 Å². The van der Waals surface area contributed by atoms with Gasteiger partial charge in [-0.05, 0) is 6.07 Å². The Morgan fingerprint density at radius 2 is 2.15 bits per heavy atom. The molecule has 0 bridgehead atoms. The first-order chi connectivity index (χ1) is 9.66. The molecule has 1 N–H and O–H groups in total. The topological polar surface area (TPSA) is 66.8 Å². The highest BCUT2D eigenvalue weighted by Crippen LogP contribution is 2.27. The van der Waals surface area contributed by atoms with E-state index in [-0.39, 0.29) is 19.1 Å². The molecule has 3 rings (SSSR count). The van der Waals surface area contributed by atoms with Crippen molar-refractivity contribution in [3.8, 4) is 0 Å². The van der Waals surface area contributed by atoms with Crippen molar-refractivity contribution in [1.82, 2.24) is 4.90 Å². The van der Waals surface area contributed by atoms with E-state index in [1.807, 2.05) is 29.6 Å². The van der Waals surface area contributed by atoms with E-state index >= 15 is 0 Å². The van der Waals surface area contributed by atoms with Crippen LogP contribution in [0.4, 0.5) is 0 Å². The first kappa shape index (κ1) is 13.1. The molecule has 0 saturated carbocycles. The summed E-state index contributed by atoms with van der Waals surface area (Å²) in [6.07, 6.45) is -0.933. The first-order valence-electron chi connectivity index (χ1n) is 6.27. The average molecular weight is 291 g/mol. The third-order valence-electron chi connectivity index (χ3n) is 3.34. The Hall–Kier alpha value is -1.92. The van der Waals surface area contributed by atoms with Crippen LogP contribution in [-0.4, -0.2) is 47.7 Å². The number of benzene rings is 1. The third-order valence-corrected chi connectivity index (χ3v) is 4.30. The lowest BCUT2D eigenvalue weighted by molar-refractivity contribution is -0.154. The Bertz CT molecular complexity index is 666. The molecule has 104 valence electrons. The number of thiophene rings is 1. The van der Waals surface area contributed by atoms with Crippen LogP contribution in [0.2, 0.25) is 0 Å². The number of carboxylic acids is 1. The van der Waals surface area contributed by atoms with Crippen LogP contribution < -0.4 is 0 Å². The summed E-state index contributed by atoms with van der Waals surface area (Å²) in [6, 6.07) is 7.71. The van der Waals surface area contributed by atoms with Crippen LogP contribution in [-0.2, 0) is 9.53 Å². The molecule has 2 heterocycles. The van der Waals surface area contributed by atoms with E-state index < -0.39 is 12.1 Å². The molecule has 0 unspecified atom stereocenters. The monoisotopic (exact) mass is 291 g/mol. The van der Waals surface area contributed by atoms with Gasteiger partial charge in [-0.2, -0.15) is 0 Å².